The van der Waals surface area contributed by atoms with E-state index in [4.69, 9.17) is 0 Å². The summed E-state index contributed by atoms with van der Waals surface area (Å²) < 4.78 is 5.15. The smallest absolute Gasteiger partial charge is 0.228 e. The van der Waals surface area contributed by atoms with E-state index in [1.807, 2.05) is 0 Å². The highest BCUT2D eigenvalue weighted by molar-refractivity contribution is 5.72. The van der Waals surface area contributed by atoms with Crippen LogP contribution >= 0.6 is 0 Å². The summed E-state index contributed by atoms with van der Waals surface area (Å²) in [6.45, 7) is 9.53. The lowest BCUT2D eigenvalue weighted by Gasteiger charge is -2.47. The molecule has 2 aromatic rings. The van der Waals surface area contributed by atoms with E-state index in [-0.39, 0.29) is 0 Å². The van der Waals surface area contributed by atoms with Crippen molar-refractivity contribution in [1.29, 1.82) is 0 Å². The van der Waals surface area contributed by atoms with Crippen molar-refractivity contribution in [2.24, 2.45) is 17.8 Å². The number of hydrogen-bond acceptors (Lipinski definition) is 0. The maximum absolute atomic E-state index is 2.68. The molecule has 0 spiro atoms. The van der Waals surface area contributed by atoms with Crippen LogP contribution in [0.1, 0.15) is 65.8 Å². The van der Waals surface area contributed by atoms with Crippen molar-refractivity contribution in [2.75, 3.05) is 0 Å². The maximum Gasteiger partial charge on any atom is 0.245 e. The summed E-state index contributed by atoms with van der Waals surface area (Å²) in [5.41, 5.74) is 3.17. The minimum Gasteiger partial charge on any atom is -0.228 e. The molecule has 0 radical (unpaired) electrons. The fourth-order valence-corrected chi connectivity index (χ4v) is 5.87. The van der Waals surface area contributed by atoms with E-state index in [2.05, 4.69) is 67.4 Å². The Labute approximate surface area is 140 Å². The molecule has 0 N–H and O–H groups in total. The van der Waals surface area contributed by atoms with E-state index in [1.54, 1.807) is 0 Å². The molecule has 4 rings (SSSR count). The molecular formula is C21H31N2+. The van der Waals surface area contributed by atoms with Crippen LogP contribution in [0.15, 0.2) is 30.6 Å². The molecular weight excluding hydrogens is 280 g/mol. The quantitative estimate of drug-likeness (QED) is 0.685. The second-order valence-corrected chi connectivity index (χ2v) is 8.86. The fourth-order valence-electron chi connectivity index (χ4n) is 5.87. The highest BCUT2D eigenvalue weighted by Gasteiger charge is 2.49. The van der Waals surface area contributed by atoms with Gasteiger partial charge in [-0.3, -0.25) is 0 Å². The standard InChI is InChI=1S/C21H31N2/c1-15(2)22-14-23(20-8-6-5-7-19(20)22)21-11-16(3)9-18(13-21)10-17(4)12-21/h5-8,14-18H,9-13H2,1-4H3/q+1. The van der Waals surface area contributed by atoms with Crippen molar-refractivity contribution >= 4 is 11.0 Å². The molecule has 2 nitrogen and oxygen atoms in total. The first-order chi connectivity index (χ1) is 11.0. The Balaban J connectivity index is 1.90. The van der Waals surface area contributed by atoms with Crippen molar-refractivity contribution in [3.63, 3.8) is 0 Å². The summed E-state index contributed by atoms with van der Waals surface area (Å²) in [4.78, 5) is 0. The van der Waals surface area contributed by atoms with Gasteiger partial charge < -0.3 is 0 Å². The van der Waals surface area contributed by atoms with Crippen LogP contribution in [0.2, 0.25) is 0 Å². The second kappa shape index (κ2) is 5.36. The van der Waals surface area contributed by atoms with Gasteiger partial charge in [0.05, 0.1) is 6.04 Å². The molecule has 2 atom stereocenters. The Bertz CT molecular complexity index is 692. The summed E-state index contributed by atoms with van der Waals surface area (Å²) in [5, 5.41) is 0. The van der Waals surface area contributed by atoms with Crippen LogP contribution in [0.5, 0.6) is 0 Å². The van der Waals surface area contributed by atoms with E-state index in [9.17, 15) is 0 Å². The van der Waals surface area contributed by atoms with Gasteiger partial charge in [-0.1, -0.05) is 26.0 Å². The van der Waals surface area contributed by atoms with E-state index in [0.717, 1.165) is 17.8 Å². The van der Waals surface area contributed by atoms with Crippen molar-refractivity contribution in [3.8, 4) is 0 Å². The minimum atomic E-state index is 0.347. The van der Waals surface area contributed by atoms with Crippen LogP contribution in [0, 0.1) is 17.8 Å². The molecule has 0 aliphatic heterocycles. The maximum atomic E-state index is 2.68. The SMILES string of the molecule is CC1CC2CC(C)CC(n3c[n+](C(C)C)c4ccccc43)(C1)C2. The first kappa shape index (κ1) is 15.2. The lowest BCUT2D eigenvalue weighted by atomic mass is 9.61. The molecule has 2 aliphatic rings. The predicted molar refractivity (Wildman–Crippen MR) is 95.4 cm³/mol. The molecule has 2 bridgehead atoms. The zero-order valence-electron chi connectivity index (χ0n) is 15.1. The molecule has 2 heteroatoms. The van der Waals surface area contributed by atoms with E-state index >= 15 is 0 Å². The lowest BCUT2D eigenvalue weighted by Crippen LogP contribution is -2.47. The average molecular weight is 311 g/mol. The van der Waals surface area contributed by atoms with Gasteiger partial charge >= 0.3 is 0 Å². The van der Waals surface area contributed by atoms with Gasteiger partial charge in [0.15, 0.2) is 11.0 Å². The van der Waals surface area contributed by atoms with Crippen molar-refractivity contribution in [1.82, 2.24) is 4.57 Å². The summed E-state index contributed by atoms with van der Waals surface area (Å²) in [6.07, 6.45) is 9.40. The Hall–Kier alpha value is -1.31. The third-order valence-corrected chi connectivity index (χ3v) is 6.32. The lowest BCUT2D eigenvalue weighted by molar-refractivity contribution is -0.692. The molecule has 124 valence electrons. The number of rotatable bonds is 2. The average Bonchev–Trinajstić information content (AvgIpc) is 2.86. The number of aromatic nitrogens is 2. The number of para-hydroxylation sites is 2. The molecule has 1 aromatic carbocycles. The van der Waals surface area contributed by atoms with Gasteiger partial charge in [0.25, 0.3) is 0 Å². The van der Waals surface area contributed by atoms with Crippen LogP contribution in [0.3, 0.4) is 0 Å². The van der Waals surface area contributed by atoms with Gasteiger partial charge in [-0.15, -0.1) is 0 Å². The monoisotopic (exact) mass is 311 g/mol. The normalized spacial score (nSPS) is 34.2. The Kier molecular flexibility index (Phi) is 3.55. The molecule has 2 unspecified atom stereocenters. The molecule has 23 heavy (non-hydrogen) atoms. The zero-order chi connectivity index (χ0) is 16.2. The largest absolute Gasteiger partial charge is 0.245 e. The summed E-state index contributed by atoms with van der Waals surface area (Å²) in [6, 6.07) is 9.51. The van der Waals surface area contributed by atoms with Gasteiger partial charge in [-0.25, -0.2) is 9.13 Å². The third kappa shape index (κ3) is 2.42. The van der Waals surface area contributed by atoms with Crippen LogP contribution in [0.25, 0.3) is 11.0 Å². The summed E-state index contributed by atoms with van der Waals surface area (Å²) in [5.74, 6) is 2.64. The van der Waals surface area contributed by atoms with Gasteiger partial charge in [0.1, 0.15) is 5.54 Å². The minimum absolute atomic E-state index is 0.347. The highest BCUT2D eigenvalue weighted by Crippen LogP contribution is 2.52. The number of nitrogens with zero attached hydrogens (tertiary/aromatic N) is 2. The van der Waals surface area contributed by atoms with Gasteiger partial charge in [-0.2, -0.15) is 0 Å². The van der Waals surface area contributed by atoms with Crippen LogP contribution in [0.4, 0.5) is 0 Å². The summed E-state index contributed by atoms with van der Waals surface area (Å²) in [7, 11) is 0. The number of benzene rings is 1. The van der Waals surface area contributed by atoms with Gasteiger partial charge in [-0.05, 0) is 75.8 Å². The highest BCUT2D eigenvalue weighted by atomic mass is 15.2. The van der Waals surface area contributed by atoms with Crippen LogP contribution in [-0.4, -0.2) is 4.57 Å². The van der Waals surface area contributed by atoms with Crippen molar-refractivity contribution in [3.05, 3.63) is 30.6 Å². The van der Waals surface area contributed by atoms with E-state index < -0.39 is 0 Å². The molecule has 1 heterocycles. The molecule has 0 amide bonds. The van der Waals surface area contributed by atoms with Gasteiger partial charge in [0.2, 0.25) is 6.33 Å². The number of hydrogen-bond donors (Lipinski definition) is 0. The predicted octanol–water partition coefficient (Wildman–Crippen LogP) is 5.07. The van der Waals surface area contributed by atoms with E-state index in [1.165, 1.54) is 43.1 Å². The van der Waals surface area contributed by atoms with Crippen molar-refractivity contribution in [2.45, 2.75) is 71.4 Å². The number of fused-ring (bicyclic) bond motifs is 3. The molecule has 1 aromatic heterocycles. The molecule has 0 saturated heterocycles. The van der Waals surface area contributed by atoms with Gasteiger partial charge in [0, 0.05) is 0 Å². The zero-order valence-corrected chi connectivity index (χ0v) is 15.1. The first-order valence-corrected chi connectivity index (χ1v) is 9.50. The van der Waals surface area contributed by atoms with Crippen molar-refractivity contribution < 1.29 is 4.57 Å². The van der Waals surface area contributed by atoms with E-state index in [0.29, 0.717) is 11.6 Å². The molecule has 2 saturated carbocycles. The first-order valence-electron chi connectivity index (χ1n) is 9.50. The second-order valence-electron chi connectivity index (χ2n) is 8.86. The Morgan fingerprint density at radius 2 is 1.70 bits per heavy atom. The Morgan fingerprint density at radius 3 is 2.35 bits per heavy atom. The topological polar surface area (TPSA) is 8.81 Å². The van der Waals surface area contributed by atoms with Crippen LogP contribution < -0.4 is 4.57 Å². The molecule has 2 fully saturated rings. The van der Waals surface area contributed by atoms with Crippen LogP contribution in [-0.2, 0) is 5.54 Å². The molecule has 2 aliphatic carbocycles. The fraction of sp³-hybridized carbons (Fsp3) is 0.667. The summed E-state index contributed by atoms with van der Waals surface area (Å²) >= 11 is 0. The Morgan fingerprint density at radius 1 is 1.04 bits per heavy atom. The number of imidazole rings is 1. The third-order valence-electron chi connectivity index (χ3n) is 6.32.